The van der Waals surface area contributed by atoms with Gasteiger partial charge in [0.2, 0.25) is 0 Å². The quantitative estimate of drug-likeness (QED) is 0.800. The van der Waals surface area contributed by atoms with Gasteiger partial charge in [-0.2, -0.15) is 0 Å². The first-order valence-corrected chi connectivity index (χ1v) is 7.55. The van der Waals surface area contributed by atoms with Crippen LogP contribution in [0.5, 0.6) is 5.75 Å². The molecule has 2 nitrogen and oxygen atoms in total. The molecule has 0 bridgehead atoms. The van der Waals surface area contributed by atoms with Gasteiger partial charge in [0.05, 0.1) is 6.61 Å². The van der Waals surface area contributed by atoms with Crippen LogP contribution in [-0.4, -0.2) is 31.1 Å². The van der Waals surface area contributed by atoms with Gasteiger partial charge in [-0.25, -0.2) is 0 Å². The number of aryl methyl sites for hydroxylation is 1. The SMILES string of the molecule is Cc1ccc(OCC2CCN(CC(C)C)CC2)cc1. The van der Waals surface area contributed by atoms with Crippen LogP contribution in [0.2, 0.25) is 0 Å². The summed E-state index contributed by atoms with van der Waals surface area (Å²) in [6.07, 6.45) is 2.55. The zero-order valence-corrected chi connectivity index (χ0v) is 12.6. The summed E-state index contributed by atoms with van der Waals surface area (Å²) < 4.78 is 5.90. The van der Waals surface area contributed by atoms with E-state index in [2.05, 4.69) is 49.9 Å². The molecular weight excluding hydrogens is 234 g/mol. The van der Waals surface area contributed by atoms with Crippen LogP contribution >= 0.6 is 0 Å². The van der Waals surface area contributed by atoms with Gasteiger partial charge >= 0.3 is 0 Å². The molecule has 0 N–H and O–H groups in total. The second-order valence-electron chi connectivity index (χ2n) is 6.26. The van der Waals surface area contributed by atoms with Crippen molar-refractivity contribution in [2.24, 2.45) is 11.8 Å². The van der Waals surface area contributed by atoms with Crippen molar-refractivity contribution in [1.82, 2.24) is 4.90 Å². The molecule has 0 saturated carbocycles. The molecule has 0 aromatic heterocycles. The summed E-state index contributed by atoms with van der Waals surface area (Å²) >= 11 is 0. The van der Waals surface area contributed by atoms with E-state index in [0.717, 1.165) is 24.2 Å². The van der Waals surface area contributed by atoms with Crippen LogP contribution in [0.15, 0.2) is 24.3 Å². The summed E-state index contributed by atoms with van der Waals surface area (Å²) in [5.74, 6) is 2.51. The number of rotatable bonds is 5. The molecular formula is C17H27NO. The first-order chi connectivity index (χ1) is 9.13. The van der Waals surface area contributed by atoms with Gasteiger partial charge in [0.25, 0.3) is 0 Å². The molecule has 1 heterocycles. The first kappa shape index (κ1) is 14.4. The number of ether oxygens (including phenoxy) is 1. The van der Waals surface area contributed by atoms with Crippen molar-refractivity contribution in [1.29, 1.82) is 0 Å². The molecule has 1 saturated heterocycles. The van der Waals surface area contributed by atoms with Crippen molar-refractivity contribution in [2.75, 3.05) is 26.2 Å². The minimum atomic E-state index is 0.727. The van der Waals surface area contributed by atoms with Crippen LogP contribution in [0.3, 0.4) is 0 Å². The van der Waals surface area contributed by atoms with Crippen LogP contribution in [0.4, 0.5) is 0 Å². The third kappa shape index (κ3) is 4.87. The second-order valence-corrected chi connectivity index (χ2v) is 6.26. The first-order valence-electron chi connectivity index (χ1n) is 7.55. The highest BCUT2D eigenvalue weighted by Crippen LogP contribution is 2.20. The summed E-state index contributed by atoms with van der Waals surface area (Å²) in [5.41, 5.74) is 1.29. The summed E-state index contributed by atoms with van der Waals surface area (Å²) in [7, 11) is 0. The molecule has 2 heteroatoms. The lowest BCUT2D eigenvalue weighted by molar-refractivity contribution is 0.132. The van der Waals surface area contributed by atoms with Gasteiger partial charge in [-0.05, 0) is 56.8 Å². The van der Waals surface area contributed by atoms with E-state index in [9.17, 15) is 0 Å². The van der Waals surface area contributed by atoms with Gasteiger partial charge in [0.1, 0.15) is 5.75 Å². The largest absolute Gasteiger partial charge is 0.493 e. The number of nitrogens with zero attached hydrogens (tertiary/aromatic N) is 1. The Labute approximate surface area is 117 Å². The molecule has 1 aromatic carbocycles. The van der Waals surface area contributed by atoms with Crippen molar-refractivity contribution in [3.05, 3.63) is 29.8 Å². The number of hydrogen-bond acceptors (Lipinski definition) is 2. The Bertz CT molecular complexity index is 363. The highest BCUT2D eigenvalue weighted by atomic mass is 16.5. The Morgan fingerprint density at radius 2 is 1.79 bits per heavy atom. The fourth-order valence-corrected chi connectivity index (χ4v) is 2.70. The Hall–Kier alpha value is -1.02. The summed E-state index contributed by atoms with van der Waals surface area (Å²) in [4.78, 5) is 2.59. The molecule has 2 rings (SSSR count). The van der Waals surface area contributed by atoms with Gasteiger partial charge < -0.3 is 9.64 Å². The van der Waals surface area contributed by atoms with E-state index in [1.807, 2.05) is 0 Å². The normalized spacial score (nSPS) is 17.9. The lowest BCUT2D eigenvalue weighted by Crippen LogP contribution is -2.37. The van der Waals surface area contributed by atoms with Gasteiger partial charge in [-0.1, -0.05) is 31.5 Å². The van der Waals surface area contributed by atoms with Gasteiger partial charge in [0, 0.05) is 6.54 Å². The molecule has 1 aromatic rings. The van der Waals surface area contributed by atoms with Crippen molar-refractivity contribution >= 4 is 0 Å². The lowest BCUT2D eigenvalue weighted by atomic mass is 9.97. The molecule has 19 heavy (non-hydrogen) atoms. The Balaban J connectivity index is 1.69. The molecule has 1 fully saturated rings. The van der Waals surface area contributed by atoms with Crippen LogP contribution in [0.25, 0.3) is 0 Å². The average Bonchev–Trinajstić information content (AvgIpc) is 2.39. The molecule has 0 amide bonds. The van der Waals surface area contributed by atoms with E-state index in [1.54, 1.807) is 0 Å². The molecule has 0 unspecified atom stereocenters. The van der Waals surface area contributed by atoms with Crippen molar-refractivity contribution in [3.63, 3.8) is 0 Å². The van der Waals surface area contributed by atoms with Crippen molar-refractivity contribution in [3.8, 4) is 5.75 Å². The minimum Gasteiger partial charge on any atom is -0.493 e. The smallest absolute Gasteiger partial charge is 0.119 e. The second kappa shape index (κ2) is 6.95. The van der Waals surface area contributed by atoms with Crippen molar-refractivity contribution < 1.29 is 4.74 Å². The third-order valence-electron chi connectivity index (χ3n) is 3.84. The molecule has 106 valence electrons. The monoisotopic (exact) mass is 261 g/mol. The highest BCUT2D eigenvalue weighted by molar-refractivity contribution is 5.26. The number of benzene rings is 1. The fraction of sp³-hybridized carbons (Fsp3) is 0.647. The maximum absolute atomic E-state index is 5.90. The standard InChI is InChI=1S/C17H27NO/c1-14(2)12-18-10-8-16(9-11-18)13-19-17-6-4-15(3)5-7-17/h4-7,14,16H,8-13H2,1-3H3. The lowest BCUT2D eigenvalue weighted by Gasteiger charge is -2.32. The van der Waals surface area contributed by atoms with Gasteiger partial charge in [-0.3, -0.25) is 0 Å². The van der Waals surface area contributed by atoms with E-state index in [0.29, 0.717) is 0 Å². The van der Waals surface area contributed by atoms with E-state index < -0.39 is 0 Å². The van der Waals surface area contributed by atoms with E-state index in [1.165, 1.54) is 38.0 Å². The van der Waals surface area contributed by atoms with Crippen LogP contribution < -0.4 is 4.74 Å². The van der Waals surface area contributed by atoms with E-state index >= 15 is 0 Å². The molecule has 0 atom stereocenters. The summed E-state index contributed by atoms with van der Waals surface area (Å²) in [6.45, 7) is 11.3. The average molecular weight is 261 g/mol. The number of piperidine rings is 1. The maximum atomic E-state index is 5.90. The van der Waals surface area contributed by atoms with E-state index in [4.69, 9.17) is 4.74 Å². The zero-order valence-electron chi connectivity index (χ0n) is 12.6. The summed E-state index contributed by atoms with van der Waals surface area (Å²) in [5, 5.41) is 0. The zero-order chi connectivity index (χ0) is 13.7. The predicted octanol–water partition coefficient (Wildman–Crippen LogP) is 3.74. The summed E-state index contributed by atoms with van der Waals surface area (Å²) in [6, 6.07) is 8.37. The maximum Gasteiger partial charge on any atom is 0.119 e. The number of likely N-dealkylation sites (tertiary alicyclic amines) is 1. The minimum absolute atomic E-state index is 0.727. The molecule has 0 radical (unpaired) electrons. The van der Waals surface area contributed by atoms with Crippen LogP contribution in [0, 0.1) is 18.8 Å². The molecule has 1 aliphatic heterocycles. The number of hydrogen-bond donors (Lipinski definition) is 0. The topological polar surface area (TPSA) is 12.5 Å². The highest BCUT2D eigenvalue weighted by Gasteiger charge is 2.19. The fourth-order valence-electron chi connectivity index (χ4n) is 2.70. The Morgan fingerprint density at radius 3 is 2.37 bits per heavy atom. The molecule has 0 aliphatic carbocycles. The van der Waals surface area contributed by atoms with E-state index in [-0.39, 0.29) is 0 Å². The predicted molar refractivity (Wildman–Crippen MR) is 80.7 cm³/mol. The third-order valence-corrected chi connectivity index (χ3v) is 3.84. The Morgan fingerprint density at radius 1 is 1.16 bits per heavy atom. The molecule has 0 spiro atoms. The van der Waals surface area contributed by atoms with Crippen LogP contribution in [0.1, 0.15) is 32.3 Å². The van der Waals surface area contributed by atoms with Gasteiger partial charge in [-0.15, -0.1) is 0 Å². The van der Waals surface area contributed by atoms with Crippen LogP contribution in [-0.2, 0) is 0 Å². The Kier molecular flexibility index (Phi) is 5.26. The van der Waals surface area contributed by atoms with Gasteiger partial charge in [0.15, 0.2) is 0 Å². The molecule has 1 aliphatic rings. The van der Waals surface area contributed by atoms with Crippen molar-refractivity contribution in [2.45, 2.75) is 33.6 Å².